The molecule has 1 aliphatic heterocycles. The molecule has 7 nitrogen and oxygen atoms in total. The van der Waals surface area contributed by atoms with Crippen LogP contribution in [-0.2, 0) is 47.0 Å². The molecule has 2 aromatic rings. The van der Waals surface area contributed by atoms with Crippen LogP contribution in [0, 0.1) is 0 Å². The molecule has 0 fully saturated rings. The standard InChI is InChI=1S/C15H13F3N4O3.Rb.2Re/c16-15(17,18)8-7-9(19)11-14-22-21-13(25-14)10(23)5-3-1-2-4-6-24-12(8)20-11;;;/h1-2,7,10,19H,3-6H2;;;/q-2;+1;;/b2-1-;;;. The summed E-state index contributed by atoms with van der Waals surface area (Å²) < 4.78 is 49.8. The first-order valence-corrected chi connectivity index (χ1v) is 7.47. The molecule has 1 aliphatic rings. The molecule has 3 heterocycles. The Morgan fingerprint density at radius 3 is 2.50 bits per heavy atom. The molecule has 28 heavy (non-hydrogen) atoms. The molecular formula is C15H13F3N4O3RbRe2-. The van der Waals surface area contributed by atoms with Crippen molar-refractivity contribution in [2.45, 2.75) is 31.5 Å². The summed E-state index contributed by atoms with van der Waals surface area (Å²) in [5.41, 5.74) is 5.81. The molecule has 2 radical (unpaired) electrons. The third-order valence-electron chi connectivity index (χ3n) is 3.50. The van der Waals surface area contributed by atoms with Gasteiger partial charge in [0.15, 0.2) is 0 Å². The van der Waals surface area contributed by atoms with E-state index in [1.54, 1.807) is 12.2 Å². The van der Waals surface area contributed by atoms with Gasteiger partial charge < -0.3 is 20.0 Å². The van der Waals surface area contributed by atoms with Gasteiger partial charge in [-0.2, -0.15) is 13.2 Å². The van der Waals surface area contributed by atoms with Gasteiger partial charge in [-0.1, -0.05) is 24.6 Å². The summed E-state index contributed by atoms with van der Waals surface area (Å²) in [6.45, 7) is -0.0285. The van der Waals surface area contributed by atoms with Crippen LogP contribution in [-0.4, -0.2) is 21.8 Å². The SMILES string of the molecule is [NH-]c1cc(C(F)(F)F)c2nc1-c1nnc(o1)C([O-])CC/C=C\CCO2.[Rb+].[Re].[Re]. The summed E-state index contributed by atoms with van der Waals surface area (Å²) in [6, 6.07) is 0.595. The minimum Gasteiger partial charge on any atom is -0.845 e. The van der Waals surface area contributed by atoms with Crippen LogP contribution in [0.15, 0.2) is 22.6 Å². The number of nitrogens with zero attached hydrogens (tertiary/aromatic N) is 3. The van der Waals surface area contributed by atoms with E-state index in [4.69, 9.17) is 14.9 Å². The van der Waals surface area contributed by atoms with Crippen LogP contribution in [0.4, 0.5) is 18.9 Å². The maximum atomic E-state index is 13.1. The van der Waals surface area contributed by atoms with Crippen molar-refractivity contribution in [3.8, 4) is 17.5 Å². The average molecular weight is 812 g/mol. The molecule has 0 aromatic carbocycles. The molecule has 0 saturated heterocycles. The summed E-state index contributed by atoms with van der Waals surface area (Å²) in [4.78, 5) is 3.75. The Morgan fingerprint density at radius 1 is 1.14 bits per heavy atom. The predicted molar refractivity (Wildman–Crippen MR) is 77.7 cm³/mol. The number of halogens is 3. The Bertz CT molecular complexity index is 805. The molecule has 1 atom stereocenters. The molecule has 4 bridgehead atoms. The van der Waals surface area contributed by atoms with Crippen LogP contribution in [0.25, 0.3) is 17.3 Å². The van der Waals surface area contributed by atoms with Gasteiger partial charge in [0.25, 0.3) is 5.89 Å². The molecule has 1 unspecified atom stereocenters. The fourth-order valence-corrected chi connectivity index (χ4v) is 2.26. The number of aromatic nitrogens is 3. The minimum absolute atomic E-state index is 0. The van der Waals surface area contributed by atoms with Crippen molar-refractivity contribution in [2.75, 3.05) is 6.61 Å². The Labute approximate surface area is 235 Å². The number of fused-ring (bicyclic) bond motifs is 5. The van der Waals surface area contributed by atoms with Gasteiger partial charge in [0.05, 0.1) is 6.61 Å². The predicted octanol–water partition coefficient (Wildman–Crippen LogP) is 0.353. The summed E-state index contributed by atoms with van der Waals surface area (Å²) in [5.74, 6) is -1.14. The Balaban J connectivity index is 0.00000243. The van der Waals surface area contributed by atoms with Gasteiger partial charge in [-0.05, 0) is 18.9 Å². The fraction of sp³-hybridized carbons (Fsp3) is 0.400. The maximum absolute atomic E-state index is 13.1. The monoisotopic (exact) mass is 813 g/mol. The number of allylic oxidation sites excluding steroid dienone is 1. The molecule has 0 spiro atoms. The molecule has 0 aliphatic carbocycles. The maximum Gasteiger partial charge on any atom is 1.00 e. The van der Waals surface area contributed by atoms with Gasteiger partial charge in [-0.15, -0.1) is 15.9 Å². The van der Waals surface area contributed by atoms with Gasteiger partial charge in [-0.25, -0.2) is 4.98 Å². The Kier molecular flexibility index (Phi) is 12.6. The van der Waals surface area contributed by atoms with Gasteiger partial charge in [0, 0.05) is 40.8 Å². The van der Waals surface area contributed by atoms with Crippen LogP contribution in [0.1, 0.15) is 36.8 Å². The van der Waals surface area contributed by atoms with E-state index in [9.17, 15) is 18.3 Å². The third kappa shape index (κ3) is 7.04. The van der Waals surface area contributed by atoms with E-state index in [2.05, 4.69) is 15.2 Å². The van der Waals surface area contributed by atoms with Crippen molar-refractivity contribution < 1.29 is 126 Å². The van der Waals surface area contributed by atoms with E-state index in [1.165, 1.54) is 0 Å². The van der Waals surface area contributed by atoms with Crippen molar-refractivity contribution in [2.24, 2.45) is 0 Å². The first-order valence-electron chi connectivity index (χ1n) is 7.47. The molecule has 2 aromatic heterocycles. The molecule has 3 rings (SSSR count). The van der Waals surface area contributed by atoms with Crippen molar-refractivity contribution >= 4 is 5.69 Å². The number of hydrogen-bond donors (Lipinski definition) is 0. The van der Waals surface area contributed by atoms with Gasteiger partial charge in [0.1, 0.15) is 11.3 Å². The second-order valence-corrected chi connectivity index (χ2v) is 5.35. The zero-order valence-electron chi connectivity index (χ0n) is 14.6. The van der Waals surface area contributed by atoms with Crippen LogP contribution in [0.3, 0.4) is 0 Å². The average Bonchev–Trinajstić information content (AvgIpc) is 3.02. The molecule has 148 valence electrons. The smallest absolute Gasteiger partial charge is 0.845 e. The minimum atomic E-state index is -4.72. The van der Waals surface area contributed by atoms with Crippen LogP contribution in [0.5, 0.6) is 5.88 Å². The number of pyridine rings is 1. The van der Waals surface area contributed by atoms with E-state index < -0.39 is 29.4 Å². The third-order valence-corrected chi connectivity index (χ3v) is 3.50. The van der Waals surface area contributed by atoms with Gasteiger partial charge >= 0.3 is 64.4 Å². The summed E-state index contributed by atoms with van der Waals surface area (Å²) in [6.07, 6.45) is -1.46. The van der Waals surface area contributed by atoms with Crippen molar-refractivity contribution in [1.29, 1.82) is 0 Å². The number of rotatable bonds is 0. The van der Waals surface area contributed by atoms with Crippen molar-refractivity contribution in [1.82, 2.24) is 15.2 Å². The number of nitrogens with one attached hydrogen (secondary N) is 1. The zero-order chi connectivity index (χ0) is 18.0. The largest absolute Gasteiger partial charge is 1.00 e. The molecule has 0 amide bonds. The summed E-state index contributed by atoms with van der Waals surface area (Å²) in [7, 11) is 0. The summed E-state index contributed by atoms with van der Waals surface area (Å²) >= 11 is 0. The number of alkyl halides is 3. The van der Waals surface area contributed by atoms with Crippen LogP contribution in [0.2, 0.25) is 0 Å². The van der Waals surface area contributed by atoms with Gasteiger partial charge in [-0.3, -0.25) is 0 Å². The van der Waals surface area contributed by atoms with E-state index in [0.717, 1.165) is 0 Å². The van der Waals surface area contributed by atoms with E-state index >= 15 is 0 Å². The second kappa shape index (κ2) is 12.4. The van der Waals surface area contributed by atoms with Crippen LogP contribution >= 0.6 is 0 Å². The summed E-state index contributed by atoms with van der Waals surface area (Å²) in [5, 5.41) is 19.3. The normalized spacial score (nSPS) is 17.6. The van der Waals surface area contributed by atoms with Crippen LogP contribution < -0.4 is 68.0 Å². The Hall–Kier alpha value is 0.510. The molecule has 1 N–H and O–H groups in total. The Morgan fingerprint density at radius 2 is 1.82 bits per heavy atom. The molecular weight excluding hydrogens is 799 g/mol. The fourth-order valence-electron chi connectivity index (χ4n) is 2.26. The van der Waals surface area contributed by atoms with E-state index in [1.807, 2.05) is 0 Å². The topological polar surface area (TPSA) is 108 Å². The number of hydrogen-bond acceptors (Lipinski definition) is 6. The van der Waals surface area contributed by atoms with E-state index in [-0.39, 0.29) is 130 Å². The quantitative estimate of drug-likeness (QED) is 0.356. The van der Waals surface area contributed by atoms with E-state index in [0.29, 0.717) is 18.9 Å². The molecule has 0 saturated carbocycles. The van der Waals surface area contributed by atoms with Crippen molar-refractivity contribution in [3.63, 3.8) is 0 Å². The zero-order valence-corrected chi connectivity index (χ0v) is 24.9. The first kappa shape index (κ1) is 28.5. The van der Waals surface area contributed by atoms with Crippen molar-refractivity contribution in [3.05, 3.63) is 35.4 Å². The molecule has 13 heteroatoms. The first-order chi connectivity index (χ1) is 11.9. The second-order valence-electron chi connectivity index (χ2n) is 5.35. The number of ether oxygens (including phenoxy) is 1. The van der Waals surface area contributed by atoms with Gasteiger partial charge in [0.2, 0.25) is 11.8 Å².